The smallest absolute Gasteiger partial charge is 0.0423 e. The fraction of sp³-hybridized carbons (Fsp3) is 0.348. The lowest BCUT2D eigenvalue weighted by Crippen LogP contribution is -2.26. The van der Waals surface area contributed by atoms with Gasteiger partial charge in [-0.15, -0.1) is 11.8 Å². The second-order valence-corrected chi connectivity index (χ2v) is 9.10. The van der Waals surface area contributed by atoms with Crippen LogP contribution in [0.15, 0.2) is 65.8 Å². The summed E-state index contributed by atoms with van der Waals surface area (Å²) in [6.45, 7) is 3.30. The molecule has 1 N–H and O–H groups in total. The topological polar surface area (TPSA) is 28.2 Å². The van der Waals surface area contributed by atoms with E-state index in [1.165, 1.54) is 46.2 Å². The molecule has 1 saturated carbocycles. The van der Waals surface area contributed by atoms with E-state index >= 15 is 0 Å². The average Bonchev–Trinajstić information content (AvgIpc) is 3.41. The summed E-state index contributed by atoms with van der Waals surface area (Å²) in [5, 5.41) is 7.10. The molecule has 1 saturated heterocycles. The highest BCUT2D eigenvalue weighted by molar-refractivity contribution is 8.00. The van der Waals surface area contributed by atoms with Crippen LogP contribution in [0.25, 0.3) is 10.8 Å². The van der Waals surface area contributed by atoms with Gasteiger partial charge in [0, 0.05) is 64.7 Å². The fourth-order valence-electron chi connectivity index (χ4n) is 3.87. The molecular formula is C23H25N3S. The maximum atomic E-state index is 4.23. The van der Waals surface area contributed by atoms with Gasteiger partial charge in [0.1, 0.15) is 0 Å². The first kappa shape index (κ1) is 17.1. The molecule has 0 unspecified atom stereocenters. The number of pyridine rings is 1. The van der Waals surface area contributed by atoms with Crippen LogP contribution in [-0.4, -0.2) is 34.3 Å². The van der Waals surface area contributed by atoms with Crippen molar-refractivity contribution in [2.24, 2.45) is 0 Å². The summed E-state index contributed by atoms with van der Waals surface area (Å²) in [4.78, 5) is 8.22. The largest absolute Gasteiger partial charge is 0.380 e. The Morgan fingerprint density at radius 1 is 1.04 bits per heavy atom. The molecule has 2 heterocycles. The minimum absolute atomic E-state index is 0.508. The van der Waals surface area contributed by atoms with Gasteiger partial charge in [0.05, 0.1) is 0 Å². The van der Waals surface area contributed by atoms with E-state index in [1.807, 2.05) is 24.2 Å². The molecule has 2 aromatic carbocycles. The number of aromatic nitrogens is 1. The van der Waals surface area contributed by atoms with Gasteiger partial charge in [-0.05, 0) is 49.1 Å². The van der Waals surface area contributed by atoms with Crippen molar-refractivity contribution in [2.75, 3.05) is 18.4 Å². The summed E-state index contributed by atoms with van der Waals surface area (Å²) in [5.41, 5.74) is 2.65. The van der Waals surface area contributed by atoms with Crippen molar-refractivity contribution in [2.45, 2.75) is 42.0 Å². The lowest BCUT2D eigenvalue weighted by Gasteiger charge is -2.18. The third kappa shape index (κ3) is 4.12. The quantitative estimate of drug-likeness (QED) is 0.643. The standard InChI is InChI=1S/C23H25N3S/c1-2-18-14-24-12-10-22(18)23(3-1)25-19-11-13-26(16-19)15-17-4-6-20(7-5-17)27-21-8-9-21/h1-7,10,12,14,19,21,25H,8-9,11,13,15-16H2/t19-/m0/s1. The molecule has 2 aliphatic rings. The SMILES string of the molecule is c1cc(N[C@H]2CCN(Cc3ccc(SC4CC4)cc3)C2)c2ccncc2c1. The lowest BCUT2D eigenvalue weighted by atomic mass is 10.1. The predicted molar refractivity (Wildman–Crippen MR) is 114 cm³/mol. The average molecular weight is 376 g/mol. The van der Waals surface area contributed by atoms with Crippen LogP contribution in [-0.2, 0) is 6.54 Å². The number of hydrogen-bond donors (Lipinski definition) is 1. The van der Waals surface area contributed by atoms with Crippen LogP contribution in [0.5, 0.6) is 0 Å². The molecule has 27 heavy (non-hydrogen) atoms. The van der Waals surface area contributed by atoms with Crippen LogP contribution in [0, 0.1) is 0 Å². The Kier molecular flexibility index (Phi) is 4.76. The van der Waals surface area contributed by atoms with Gasteiger partial charge in [0.2, 0.25) is 0 Å². The van der Waals surface area contributed by atoms with Crippen molar-refractivity contribution >= 4 is 28.2 Å². The van der Waals surface area contributed by atoms with Crippen LogP contribution in [0.4, 0.5) is 5.69 Å². The van der Waals surface area contributed by atoms with E-state index in [2.05, 4.69) is 63.7 Å². The fourth-order valence-corrected chi connectivity index (χ4v) is 4.92. The van der Waals surface area contributed by atoms with E-state index in [0.29, 0.717) is 6.04 Å². The van der Waals surface area contributed by atoms with Crippen LogP contribution < -0.4 is 5.32 Å². The zero-order chi connectivity index (χ0) is 18.1. The minimum atomic E-state index is 0.508. The molecule has 1 atom stereocenters. The van der Waals surface area contributed by atoms with Crippen LogP contribution in [0.3, 0.4) is 0 Å². The number of anilines is 1. The van der Waals surface area contributed by atoms with Gasteiger partial charge in [-0.1, -0.05) is 24.3 Å². The Balaban J connectivity index is 1.19. The molecule has 4 heteroatoms. The van der Waals surface area contributed by atoms with Gasteiger partial charge in [-0.25, -0.2) is 0 Å². The number of hydrogen-bond acceptors (Lipinski definition) is 4. The highest BCUT2D eigenvalue weighted by Gasteiger charge is 2.24. The molecule has 0 amide bonds. The molecule has 3 nitrogen and oxygen atoms in total. The Morgan fingerprint density at radius 3 is 2.78 bits per heavy atom. The van der Waals surface area contributed by atoms with E-state index in [9.17, 15) is 0 Å². The number of fused-ring (bicyclic) bond motifs is 1. The molecule has 5 rings (SSSR count). The summed E-state index contributed by atoms with van der Waals surface area (Å²) in [6, 6.07) is 18.2. The maximum absolute atomic E-state index is 4.23. The zero-order valence-electron chi connectivity index (χ0n) is 15.5. The zero-order valence-corrected chi connectivity index (χ0v) is 16.3. The molecule has 1 aromatic heterocycles. The first-order valence-corrected chi connectivity index (χ1v) is 10.8. The van der Waals surface area contributed by atoms with Crippen molar-refractivity contribution in [3.05, 3.63) is 66.5 Å². The minimum Gasteiger partial charge on any atom is -0.380 e. The summed E-state index contributed by atoms with van der Waals surface area (Å²) < 4.78 is 0. The molecule has 1 aliphatic heterocycles. The Bertz CT molecular complexity index is 915. The first-order chi connectivity index (χ1) is 13.3. The molecule has 138 valence electrons. The third-order valence-corrected chi connectivity index (χ3v) is 6.82. The van der Waals surface area contributed by atoms with Crippen molar-refractivity contribution in [1.82, 2.24) is 9.88 Å². The van der Waals surface area contributed by atoms with Crippen molar-refractivity contribution in [3.63, 3.8) is 0 Å². The molecule has 0 radical (unpaired) electrons. The molecular weight excluding hydrogens is 350 g/mol. The van der Waals surface area contributed by atoms with Gasteiger partial charge < -0.3 is 5.32 Å². The monoisotopic (exact) mass is 375 g/mol. The summed E-state index contributed by atoms with van der Waals surface area (Å²) in [5.74, 6) is 0. The van der Waals surface area contributed by atoms with Crippen molar-refractivity contribution in [3.8, 4) is 0 Å². The number of rotatable bonds is 6. The van der Waals surface area contributed by atoms with Gasteiger partial charge >= 0.3 is 0 Å². The molecule has 2 fully saturated rings. The number of nitrogens with one attached hydrogen (secondary N) is 1. The van der Waals surface area contributed by atoms with Gasteiger partial charge in [-0.2, -0.15) is 0 Å². The Morgan fingerprint density at radius 2 is 1.93 bits per heavy atom. The van der Waals surface area contributed by atoms with Crippen LogP contribution in [0.2, 0.25) is 0 Å². The summed E-state index contributed by atoms with van der Waals surface area (Å²) in [6.07, 6.45) is 7.78. The molecule has 0 spiro atoms. The van der Waals surface area contributed by atoms with E-state index < -0.39 is 0 Å². The predicted octanol–water partition coefficient (Wildman–Crippen LogP) is 5.18. The van der Waals surface area contributed by atoms with E-state index in [4.69, 9.17) is 0 Å². The summed E-state index contributed by atoms with van der Waals surface area (Å²) >= 11 is 2.04. The number of benzene rings is 2. The van der Waals surface area contributed by atoms with Gasteiger partial charge in [0.15, 0.2) is 0 Å². The van der Waals surface area contributed by atoms with Crippen molar-refractivity contribution in [1.29, 1.82) is 0 Å². The van der Waals surface area contributed by atoms with Gasteiger partial charge in [-0.3, -0.25) is 9.88 Å². The number of thioether (sulfide) groups is 1. The van der Waals surface area contributed by atoms with Gasteiger partial charge in [0.25, 0.3) is 0 Å². The second kappa shape index (κ2) is 7.53. The normalized spacial score (nSPS) is 20.2. The molecule has 0 bridgehead atoms. The lowest BCUT2D eigenvalue weighted by molar-refractivity contribution is 0.328. The summed E-state index contributed by atoms with van der Waals surface area (Å²) in [7, 11) is 0. The first-order valence-electron chi connectivity index (χ1n) is 9.91. The maximum Gasteiger partial charge on any atom is 0.0423 e. The van der Waals surface area contributed by atoms with Crippen molar-refractivity contribution < 1.29 is 0 Å². The number of nitrogens with zero attached hydrogens (tertiary/aromatic N) is 2. The second-order valence-electron chi connectivity index (χ2n) is 7.73. The highest BCUT2D eigenvalue weighted by atomic mass is 32.2. The van der Waals surface area contributed by atoms with E-state index in [-0.39, 0.29) is 0 Å². The Labute approximate surface area is 165 Å². The van der Waals surface area contributed by atoms with E-state index in [1.54, 1.807) is 0 Å². The third-order valence-electron chi connectivity index (χ3n) is 5.47. The highest BCUT2D eigenvalue weighted by Crippen LogP contribution is 2.39. The number of likely N-dealkylation sites (tertiary alicyclic amines) is 1. The van der Waals surface area contributed by atoms with E-state index in [0.717, 1.165) is 24.9 Å². The molecule has 1 aliphatic carbocycles. The molecule has 3 aromatic rings. The van der Waals surface area contributed by atoms with Crippen LogP contribution >= 0.6 is 11.8 Å². The van der Waals surface area contributed by atoms with Crippen LogP contribution in [0.1, 0.15) is 24.8 Å². The Hall–Kier alpha value is -2.04.